The third-order valence-corrected chi connectivity index (χ3v) is 4.15. The lowest BCUT2D eigenvalue weighted by Crippen LogP contribution is -2.27. The lowest BCUT2D eigenvalue weighted by Gasteiger charge is -2.18. The first kappa shape index (κ1) is 17.2. The number of ether oxygens (including phenoxy) is 2. The van der Waals surface area contributed by atoms with Crippen LogP contribution in [0.2, 0.25) is 0 Å². The van der Waals surface area contributed by atoms with Crippen molar-refractivity contribution in [3.05, 3.63) is 54.1 Å². The van der Waals surface area contributed by atoms with E-state index in [0.717, 1.165) is 21.5 Å². The molecular formula is C19H20N2O3S. The second-order valence-corrected chi connectivity index (χ2v) is 7.58. The topological polar surface area (TPSA) is 60.5 Å². The number of aromatic nitrogens is 1. The molecule has 0 bridgehead atoms. The number of carbonyl (C=O) groups excluding carboxylic acids is 1. The average molecular weight is 356 g/mol. The van der Waals surface area contributed by atoms with Gasteiger partial charge in [-0.2, -0.15) is 0 Å². The Morgan fingerprint density at radius 3 is 2.64 bits per heavy atom. The lowest BCUT2D eigenvalue weighted by atomic mass is 10.2. The maximum absolute atomic E-state index is 11.8. The number of nitrogens with one attached hydrogen (secondary N) is 1. The van der Waals surface area contributed by atoms with E-state index >= 15 is 0 Å². The van der Waals surface area contributed by atoms with Crippen molar-refractivity contribution in [3.8, 4) is 5.75 Å². The highest BCUT2D eigenvalue weighted by molar-refractivity contribution is 7.22. The number of anilines is 1. The summed E-state index contributed by atoms with van der Waals surface area (Å²) in [5.41, 5.74) is 1.38. The Morgan fingerprint density at radius 2 is 1.92 bits per heavy atom. The molecule has 0 aliphatic rings. The monoisotopic (exact) mass is 356 g/mol. The summed E-state index contributed by atoms with van der Waals surface area (Å²) in [5, 5.41) is 3.17. The van der Waals surface area contributed by atoms with Crippen molar-refractivity contribution >= 4 is 32.8 Å². The number of amides is 1. The van der Waals surface area contributed by atoms with Crippen molar-refractivity contribution in [2.24, 2.45) is 0 Å². The van der Waals surface area contributed by atoms with Gasteiger partial charge in [-0.05, 0) is 44.5 Å². The second kappa shape index (κ2) is 7.11. The number of rotatable bonds is 4. The summed E-state index contributed by atoms with van der Waals surface area (Å²) in [6, 6.07) is 15.7. The maximum Gasteiger partial charge on any atom is 0.413 e. The minimum absolute atomic E-state index is 0.504. The molecule has 3 aromatic rings. The molecule has 3 rings (SSSR count). The van der Waals surface area contributed by atoms with Crippen LogP contribution in [-0.2, 0) is 11.3 Å². The Labute approximate surface area is 150 Å². The van der Waals surface area contributed by atoms with Crippen LogP contribution in [-0.4, -0.2) is 16.7 Å². The minimum Gasteiger partial charge on any atom is -0.489 e. The van der Waals surface area contributed by atoms with E-state index in [2.05, 4.69) is 10.3 Å². The lowest BCUT2D eigenvalue weighted by molar-refractivity contribution is 0.0636. The zero-order valence-electron chi connectivity index (χ0n) is 14.4. The SMILES string of the molecule is CC(C)(C)OC(=O)Nc1nc2ccc(OCc3ccccc3)cc2s1. The van der Waals surface area contributed by atoms with Crippen LogP contribution in [0.4, 0.5) is 9.93 Å². The molecule has 25 heavy (non-hydrogen) atoms. The van der Waals surface area contributed by atoms with E-state index in [0.29, 0.717) is 11.7 Å². The third-order valence-electron chi connectivity index (χ3n) is 3.22. The Balaban J connectivity index is 1.68. The zero-order chi connectivity index (χ0) is 17.9. The maximum atomic E-state index is 11.8. The molecule has 130 valence electrons. The Hall–Kier alpha value is -2.60. The van der Waals surface area contributed by atoms with Gasteiger partial charge in [0.2, 0.25) is 0 Å². The molecule has 0 saturated carbocycles. The fourth-order valence-corrected chi connectivity index (χ4v) is 3.06. The van der Waals surface area contributed by atoms with Crippen LogP contribution < -0.4 is 10.1 Å². The number of benzene rings is 2. The summed E-state index contributed by atoms with van der Waals surface area (Å²) in [6.45, 7) is 5.97. The Kier molecular flexibility index (Phi) is 4.90. The normalized spacial score (nSPS) is 11.3. The molecule has 0 aliphatic heterocycles. The van der Waals surface area contributed by atoms with Crippen molar-refractivity contribution in [1.29, 1.82) is 0 Å². The second-order valence-electron chi connectivity index (χ2n) is 6.55. The molecule has 0 aliphatic carbocycles. The molecule has 0 unspecified atom stereocenters. The first-order valence-corrected chi connectivity index (χ1v) is 8.78. The number of nitrogens with zero attached hydrogens (tertiary/aromatic N) is 1. The van der Waals surface area contributed by atoms with Crippen molar-refractivity contribution in [3.63, 3.8) is 0 Å². The molecule has 0 radical (unpaired) electrons. The molecule has 1 amide bonds. The van der Waals surface area contributed by atoms with Crippen LogP contribution in [0.15, 0.2) is 48.5 Å². The molecule has 6 heteroatoms. The predicted molar refractivity (Wildman–Crippen MR) is 100 cm³/mol. The van der Waals surface area contributed by atoms with E-state index < -0.39 is 11.7 Å². The summed E-state index contributed by atoms with van der Waals surface area (Å²) in [4.78, 5) is 16.2. The molecule has 0 atom stereocenters. The Morgan fingerprint density at radius 1 is 1.16 bits per heavy atom. The van der Waals surface area contributed by atoms with Crippen LogP contribution in [0.3, 0.4) is 0 Å². The summed E-state index contributed by atoms with van der Waals surface area (Å²) in [7, 11) is 0. The zero-order valence-corrected chi connectivity index (χ0v) is 15.2. The van der Waals surface area contributed by atoms with Gasteiger partial charge in [0.25, 0.3) is 0 Å². The fourth-order valence-electron chi connectivity index (χ4n) is 2.18. The molecule has 1 N–H and O–H groups in total. The van der Waals surface area contributed by atoms with Gasteiger partial charge in [-0.25, -0.2) is 9.78 Å². The average Bonchev–Trinajstić information content (AvgIpc) is 2.93. The number of carbonyl (C=O) groups is 1. The van der Waals surface area contributed by atoms with Crippen LogP contribution >= 0.6 is 11.3 Å². The van der Waals surface area contributed by atoms with Crippen molar-refractivity contribution in [2.45, 2.75) is 33.0 Å². The summed E-state index contributed by atoms with van der Waals surface area (Å²) < 4.78 is 12.0. The number of fused-ring (bicyclic) bond motifs is 1. The van der Waals surface area contributed by atoms with Gasteiger partial charge in [-0.3, -0.25) is 5.32 Å². The van der Waals surface area contributed by atoms with E-state index in [1.807, 2.05) is 69.3 Å². The highest BCUT2D eigenvalue weighted by Gasteiger charge is 2.17. The van der Waals surface area contributed by atoms with Gasteiger partial charge in [0.1, 0.15) is 18.0 Å². The number of hydrogen-bond acceptors (Lipinski definition) is 5. The van der Waals surface area contributed by atoms with Gasteiger partial charge >= 0.3 is 6.09 Å². The highest BCUT2D eigenvalue weighted by Crippen LogP contribution is 2.29. The van der Waals surface area contributed by atoms with Crippen molar-refractivity contribution < 1.29 is 14.3 Å². The van der Waals surface area contributed by atoms with E-state index in [1.165, 1.54) is 11.3 Å². The van der Waals surface area contributed by atoms with Crippen LogP contribution in [0, 0.1) is 0 Å². The molecule has 1 heterocycles. The summed E-state index contributed by atoms with van der Waals surface area (Å²) in [5.74, 6) is 0.767. The van der Waals surface area contributed by atoms with Crippen molar-refractivity contribution in [2.75, 3.05) is 5.32 Å². The van der Waals surface area contributed by atoms with Crippen LogP contribution in [0.25, 0.3) is 10.2 Å². The highest BCUT2D eigenvalue weighted by atomic mass is 32.1. The largest absolute Gasteiger partial charge is 0.489 e. The van der Waals surface area contributed by atoms with Crippen LogP contribution in [0.5, 0.6) is 5.75 Å². The molecule has 0 spiro atoms. The van der Waals surface area contributed by atoms with Gasteiger partial charge in [0.15, 0.2) is 5.13 Å². The number of hydrogen-bond donors (Lipinski definition) is 1. The Bertz CT molecular complexity index is 869. The van der Waals surface area contributed by atoms with Gasteiger partial charge < -0.3 is 9.47 Å². The van der Waals surface area contributed by atoms with Gasteiger partial charge in [0, 0.05) is 0 Å². The van der Waals surface area contributed by atoms with E-state index in [4.69, 9.17) is 9.47 Å². The molecular weight excluding hydrogens is 336 g/mol. The van der Waals surface area contributed by atoms with Gasteiger partial charge in [-0.15, -0.1) is 0 Å². The smallest absolute Gasteiger partial charge is 0.413 e. The summed E-state index contributed by atoms with van der Waals surface area (Å²) in [6.07, 6.45) is -0.507. The minimum atomic E-state index is -0.542. The van der Waals surface area contributed by atoms with E-state index in [-0.39, 0.29) is 0 Å². The predicted octanol–water partition coefficient (Wildman–Crippen LogP) is 5.22. The fraction of sp³-hybridized carbons (Fsp3) is 0.263. The molecule has 1 aromatic heterocycles. The quantitative estimate of drug-likeness (QED) is 0.696. The van der Waals surface area contributed by atoms with Gasteiger partial charge in [-0.1, -0.05) is 41.7 Å². The number of thiazole rings is 1. The molecule has 5 nitrogen and oxygen atoms in total. The first-order valence-electron chi connectivity index (χ1n) is 7.96. The molecule has 2 aromatic carbocycles. The van der Waals surface area contributed by atoms with Crippen molar-refractivity contribution in [1.82, 2.24) is 4.98 Å². The third kappa shape index (κ3) is 4.93. The first-order chi connectivity index (χ1) is 11.9. The van der Waals surface area contributed by atoms with E-state index in [1.54, 1.807) is 0 Å². The summed E-state index contributed by atoms with van der Waals surface area (Å²) >= 11 is 1.38. The standard InChI is InChI=1S/C19H20N2O3S/c1-19(2,3)24-18(22)21-17-20-15-10-9-14(11-16(15)25-17)23-12-13-7-5-4-6-8-13/h4-11H,12H2,1-3H3,(H,20,21,22). The molecule has 0 saturated heterocycles. The van der Waals surface area contributed by atoms with Gasteiger partial charge in [0.05, 0.1) is 10.2 Å². The van der Waals surface area contributed by atoms with E-state index in [9.17, 15) is 4.79 Å². The molecule has 0 fully saturated rings. The van der Waals surface area contributed by atoms with Crippen LogP contribution in [0.1, 0.15) is 26.3 Å².